The van der Waals surface area contributed by atoms with Gasteiger partial charge in [-0.15, -0.1) is 0 Å². The minimum absolute atomic E-state index is 0.0484. The van der Waals surface area contributed by atoms with Crippen LogP contribution in [0.2, 0.25) is 0 Å². The van der Waals surface area contributed by atoms with Gasteiger partial charge in [0.25, 0.3) is 0 Å². The first kappa shape index (κ1) is 14.9. The topological polar surface area (TPSA) is 130 Å². The van der Waals surface area contributed by atoms with Crippen molar-refractivity contribution in [2.45, 2.75) is 31.8 Å². The van der Waals surface area contributed by atoms with Gasteiger partial charge in [-0.25, -0.2) is 4.98 Å². The number of nitrogens with zero attached hydrogens (tertiary/aromatic N) is 3. The van der Waals surface area contributed by atoms with E-state index in [0.29, 0.717) is 10.3 Å². The molecule has 0 spiro atoms. The molecule has 10 heteroatoms. The molecule has 3 atom stereocenters. The van der Waals surface area contributed by atoms with Gasteiger partial charge in [0.05, 0.1) is 17.5 Å². The van der Waals surface area contributed by atoms with Crippen LogP contribution in [0.4, 0.5) is 5.95 Å². The lowest BCUT2D eigenvalue weighted by Crippen LogP contribution is -2.29. The van der Waals surface area contributed by atoms with Crippen LogP contribution in [-0.4, -0.2) is 44.4 Å². The number of carbonyl (C=O) groups is 1. The number of ether oxygens (including phenoxy) is 2. The Morgan fingerprint density at radius 1 is 1.68 bits per heavy atom. The molecule has 22 heavy (non-hydrogen) atoms. The van der Waals surface area contributed by atoms with Crippen molar-refractivity contribution in [2.24, 2.45) is 0 Å². The van der Waals surface area contributed by atoms with Crippen LogP contribution in [0.25, 0.3) is 10.3 Å². The Labute approximate surface area is 128 Å². The van der Waals surface area contributed by atoms with Crippen molar-refractivity contribution in [1.82, 2.24) is 14.5 Å². The number of aliphatic hydroxyl groups is 1. The largest absolute Gasteiger partial charge is 0.460 e. The van der Waals surface area contributed by atoms with E-state index in [4.69, 9.17) is 15.2 Å². The van der Waals surface area contributed by atoms with Gasteiger partial charge in [0, 0.05) is 13.3 Å². The average Bonchev–Trinajstić information content (AvgIpc) is 2.97. The number of fused-ring (bicyclic) bond motifs is 1. The molecule has 0 amide bonds. The molecule has 3 rings (SSSR count). The molecule has 0 aliphatic carbocycles. The number of carbonyl (C=O) groups excluding carboxylic acids is 1. The van der Waals surface area contributed by atoms with Gasteiger partial charge in [0.1, 0.15) is 18.4 Å². The summed E-state index contributed by atoms with van der Waals surface area (Å²) in [6.07, 6.45) is -0.261. The first-order valence-electron chi connectivity index (χ1n) is 6.56. The Hall–Kier alpha value is -2.04. The van der Waals surface area contributed by atoms with Crippen LogP contribution >= 0.6 is 11.3 Å². The molecule has 118 valence electrons. The molecule has 1 aliphatic heterocycles. The molecule has 3 N–H and O–H groups in total. The third-order valence-corrected chi connectivity index (χ3v) is 4.22. The van der Waals surface area contributed by atoms with Crippen molar-refractivity contribution < 1.29 is 19.4 Å². The molecule has 1 aliphatic rings. The second kappa shape index (κ2) is 5.63. The summed E-state index contributed by atoms with van der Waals surface area (Å²) in [7, 11) is 0. The average molecular weight is 326 g/mol. The fourth-order valence-electron chi connectivity index (χ4n) is 2.46. The molecule has 1 fully saturated rings. The minimum Gasteiger partial charge on any atom is -0.460 e. The summed E-state index contributed by atoms with van der Waals surface area (Å²) in [5.74, 6) is -0.422. The van der Waals surface area contributed by atoms with Gasteiger partial charge in [-0.2, -0.15) is 4.98 Å². The number of anilines is 1. The van der Waals surface area contributed by atoms with Crippen LogP contribution in [0.1, 0.15) is 19.6 Å². The van der Waals surface area contributed by atoms with Crippen molar-refractivity contribution in [1.29, 1.82) is 0 Å². The SMILES string of the molecule is CC(=O)O[C@H]1C[C@H](n2c(=O)sc3cnc(N)nc32)O[C@@H]1CO. The van der Waals surface area contributed by atoms with Crippen LogP contribution < -0.4 is 10.6 Å². The molecular weight excluding hydrogens is 312 g/mol. The van der Waals surface area contributed by atoms with E-state index in [9.17, 15) is 14.7 Å². The zero-order valence-corrected chi connectivity index (χ0v) is 12.4. The molecule has 2 aromatic heterocycles. The highest BCUT2D eigenvalue weighted by Gasteiger charge is 2.39. The van der Waals surface area contributed by atoms with Crippen LogP contribution in [0.3, 0.4) is 0 Å². The summed E-state index contributed by atoms with van der Waals surface area (Å²) in [4.78, 5) is 30.9. The fraction of sp³-hybridized carbons (Fsp3) is 0.500. The maximum atomic E-state index is 12.2. The van der Waals surface area contributed by atoms with Crippen LogP contribution in [0.5, 0.6) is 0 Å². The van der Waals surface area contributed by atoms with Crippen molar-refractivity contribution in [3.63, 3.8) is 0 Å². The maximum absolute atomic E-state index is 12.2. The number of hydrogen-bond donors (Lipinski definition) is 2. The molecular formula is C12H14N4O5S. The van der Waals surface area contributed by atoms with E-state index in [0.717, 1.165) is 11.3 Å². The van der Waals surface area contributed by atoms with Crippen molar-refractivity contribution in [3.05, 3.63) is 15.9 Å². The summed E-state index contributed by atoms with van der Waals surface area (Å²) in [6.45, 7) is 0.963. The number of aromatic nitrogens is 3. The zero-order chi connectivity index (χ0) is 15.9. The van der Waals surface area contributed by atoms with Crippen LogP contribution in [0.15, 0.2) is 11.0 Å². The number of rotatable bonds is 3. The number of thiazole rings is 1. The molecule has 3 heterocycles. The molecule has 2 aromatic rings. The normalized spacial score (nSPS) is 24.7. The van der Waals surface area contributed by atoms with Gasteiger partial charge in [-0.3, -0.25) is 14.2 Å². The van der Waals surface area contributed by atoms with Crippen LogP contribution in [0, 0.1) is 0 Å². The van der Waals surface area contributed by atoms with Gasteiger partial charge in [0.2, 0.25) is 5.95 Å². The van der Waals surface area contributed by atoms with Crippen molar-refractivity contribution >= 4 is 33.6 Å². The highest BCUT2D eigenvalue weighted by Crippen LogP contribution is 2.32. The number of aliphatic hydroxyl groups excluding tert-OH is 1. The van der Waals surface area contributed by atoms with Gasteiger partial charge < -0.3 is 20.3 Å². The molecule has 9 nitrogen and oxygen atoms in total. The summed E-state index contributed by atoms with van der Waals surface area (Å²) in [6, 6.07) is 0. The molecule has 1 saturated heterocycles. The van der Waals surface area contributed by atoms with E-state index in [1.54, 1.807) is 0 Å². The second-order valence-electron chi connectivity index (χ2n) is 4.85. The monoisotopic (exact) mass is 326 g/mol. The Balaban J connectivity index is 1.98. The van der Waals surface area contributed by atoms with Crippen molar-refractivity contribution in [2.75, 3.05) is 12.3 Å². The lowest BCUT2D eigenvalue weighted by atomic mass is 10.2. The molecule has 0 bridgehead atoms. The van der Waals surface area contributed by atoms with E-state index >= 15 is 0 Å². The molecule has 0 aromatic carbocycles. The van der Waals surface area contributed by atoms with Crippen LogP contribution in [-0.2, 0) is 14.3 Å². The van der Waals surface area contributed by atoms with E-state index < -0.39 is 24.4 Å². The maximum Gasteiger partial charge on any atom is 0.311 e. The Morgan fingerprint density at radius 3 is 3.14 bits per heavy atom. The first-order valence-corrected chi connectivity index (χ1v) is 7.38. The predicted octanol–water partition coefficient (Wildman–Crippen LogP) is -0.353. The van der Waals surface area contributed by atoms with E-state index in [1.165, 1.54) is 17.7 Å². The highest BCUT2D eigenvalue weighted by atomic mass is 32.1. The fourth-order valence-corrected chi connectivity index (χ4v) is 3.29. The summed E-state index contributed by atoms with van der Waals surface area (Å²) in [5, 5.41) is 9.34. The zero-order valence-electron chi connectivity index (χ0n) is 11.6. The standard InChI is InChI=1S/C12H14N4O5S/c1-5(18)20-6-2-9(21-7(6)4-17)16-10-8(22-12(16)19)3-14-11(13)15-10/h3,6-7,9,17H,2,4H2,1H3,(H2,13,14,15)/t6-,7+,9+/m0/s1. The number of hydrogen-bond acceptors (Lipinski definition) is 9. The smallest absolute Gasteiger partial charge is 0.311 e. The van der Waals surface area contributed by atoms with Gasteiger partial charge in [-0.1, -0.05) is 11.3 Å². The number of esters is 1. The lowest BCUT2D eigenvalue weighted by Gasteiger charge is -2.15. The molecule has 0 saturated carbocycles. The van der Waals surface area contributed by atoms with Gasteiger partial charge in [-0.05, 0) is 0 Å². The molecule has 0 unspecified atom stereocenters. The molecule has 0 radical (unpaired) electrons. The Kier molecular flexibility index (Phi) is 3.81. The summed E-state index contributed by atoms with van der Waals surface area (Å²) < 4.78 is 12.7. The predicted molar refractivity (Wildman–Crippen MR) is 77.3 cm³/mol. The van der Waals surface area contributed by atoms with Gasteiger partial charge in [0.15, 0.2) is 5.65 Å². The van der Waals surface area contributed by atoms with E-state index in [2.05, 4.69) is 9.97 Å². The minimum atomic E-state index is -0.685. The van der Waals surface area contributed by atoms with E-state index in [-0.39, 0.29) is 23.8 Å². The highest BCUT2D eigenvalue weighted by molar-refractivity contribution is 7.16. The number of nitrogens with two attached hydrogens (primary N) is 1. The van der Waals surface area contributed by atoms with Gasteiger partial charge >= 0.3 is 10.8 Å². The Bertz CT molecular complexity index is 772. The third-order valence-electron chi connectivity index (χ3n) is 3.34. The van der Waals surface area contributed by atoms with E-state index in [1.807, 2.05) is 0 Å². The second-order valence-corrected chi connectivity index (χ2v) is 5.84. The third kappa shape index (κ3) is 2.56. The van der Waals surface area contributed by atoms with Crippen molar-refractivity contribution in [3.8, 4) is 0 Å². The number of nitrogen functional groups attached to an aromatic ring is 1. The summed E-state index contributed by atoms with van der Waals surface area (Å²) in [5.41, 5.74) is 5.93. The lowest BCUT2D eigenvalue weighted by molar-refractivity contribution is -0.150. The Morgan fingerprint density at radius 2 is 2.45 bits per heavy atom. The first-order chi connectivity index (χ1) is 10.5. The summed E-state index contributed by atoms with van der Waals surface area (Å²) >= 11 is 0.975. The quantitative estimate of drug-likeness (QED) is 0.732.